The fourth-order valence-corrected chi connectivity index (χ4v) is 2.61. The fraction of sp³-hybridized carbons (Fsp3) is 0.429. The predicted octanol–water partition coefficient (Wildman–Crippen LogP) is 1.59. The Hall–Kier alpha value is -2.24. The lowest BCUT2D eigenvalue weighted by atomic mass is 9.95. The van der Waals surface area contributed by atoms with Gasteiger partial charge in [-0.2, -0.15) is 5.10 Å². The molecular weight excluding hydrogens is 254 g/mol. The van der Waals surface area contributed by atoms with Gasteiger partial charge in [-0.1, -0.05) is 0 Å². The molecule has 0 aromatic carbocycles. The van der Waals surface area contributed by atoms with E-state index in [1.807, 2.05) is 11.0 Å². The first-order chi connectivity index (χ1) is 9.74. The minimum absolute atomic E-state index is 0.132. The Morgan fingerprint density at radius 2 is 2.35 bits per heavy atom. The maximum Gasteiger partial charge on any atom is 0.219 e. The second-order valence-electron chi connectivity index (χ2n) is 5.10. The Balaban J connectivity index is 1.83. The molecule has 0 aliphatic carbocycles. The molecule has 0 bridgehead atoms. The number of nitrogens with one attached hydrogen (secondary N) is 1. The third-order valence-electron chi connectivity index (χ3n) is 3.71. The summed E-state index contributed by atoms with van der Waals surface area (Å²) < 4.78 is 0. The van der Waals surface area contributed by atoms with E-state index in [1.165, 1.54) is 0 Å². The molecule has 1 atom stereocenters. The molecule has 1 saturated heterocycles. The van der Waals surface area contributed by atoms with Crippen molar-refractivity contribution in [2.45, 2.75) is 25.7 Å². The van der Waals surface area contributed by atoms with Gasteiger partial charge in [-0.25, -0.2) is 4.98 Å². The zero-order chi connectivity index (χ0) is 13.9. The Kier molecular flexibility index (Phi) is 3.45. The number of carbonyl (C=O) groups is 1. The van der Waals surface area contributed by atoms with Crippen LogP contribution in [0.4, 0.5) is 0 Å². The Morgan fingerprint density at radius 3 is 3.10 bits per heavy atom. The van der Waals surface area contributed by atoms with Crippen molar-refractivity contribution in [3.05, 3.63) is 30.4 Å². The van der Waals surface area contributed by atoms with Crippen molar-refractivity contribution in [3.63, 3.8) is 0 Å². The van der Waals surface area contributed by atoms with Gasteiger partial charge in [-0.15, -0.1) is 0 Å². The van der Waals surface area contributed by atoms with Crippen LogP contribution in [0.25, 0.3) is 11.4 Å². The number of nitrogens with zero attached hydrogens (tertiary/aromatic N) is 4. The van der Waals surface area contributed by atoms with Crippen LogP contribution in [0, 0.1) is 0 Å². The van der Waals surface area contributed by atoms with Gasteiger partial charge in [-0.05, 0) is 18.9 Å². The summed E-state index contributed by atoms with van der Waals surface area (Å²) in [6, 6.07) is 1.87. The van der Waals surface area contributed by atoms with Gasteiger partial charge in [0.05, 0.1) is 17.6 Å². The lowest BCUT2D eigenvalue weighted by molar-refractivity contribution is -0.130. The summed E-state index contributed by atoms with van der Waals surface area (Å²) in [6.45, 7) is 3.20. The molecule has 0 unspecified atom stereocenters. The van der Waals surface area contributed by atoms with Crippen molar-refractivity contribution in [1.29, 1.82) is 0 Å². The quantitative estimate of drug-likeness (QED) is 0.900. The van der Waals surface area contributed by atoms with E-state index in [0.29, 0.717) is 0 Å². The van der Waals surface area contributed by atoms with Gasteiger partial charge >= 0.3 is 0 Å². The normalized spacial score (nSPS) is 19.1. The first kappa shape index (κ1) is 12.8. The number of aromatic amines is 1. The number of carbonyl (C=O) groups excluding carboxylic acids is 1. The first-order valence-corrected chi connectivity index (χ1v) is 6.81. The molecule has 20 heavy (non-hydrogen) atoms. The highest BCUT2D eigenvalue weighted by atomic mass is 16.2. The van der Waals surface area contributed by atoms with Gasteiger partial charge in [0, 0.05) is 38.3 Å². The van der Waals surface area contributed by atoms with Gasteiger partial charge in [-0.3, -0.25) is 14.9 Å². The van der Waals surface area contributed by atoms with Crippen LogP contribution in [0.1, 0.15) is 31.4 Å². The average molecular weight is 271 g/mol. The lowest BCUT2D eigenvalue weighted by Gasteiger charge is -2.31. The number of aromatic nitrogens is 4. The molecule has 1 aliphatic heterocycles. The van der Waals surface area contributed by atoms with Crippen molar-refractivity contribution in [3.8, 4) is 11.4 Å². The highest BCUT2D eigenvalue weighted by Crippen LogP contribution is 2.26. The van der Waals surface area contributed by atoms with Crippen LogP contribution in [0.2, 0.25) is 0 Å². The Labute approximate surface area is 117 Å². The molecule has 1 fully saturated rings. The number of H-pyrrole nitrogens is 1. The highest BCUT2D eigenvalue weighted by molar-refractivity contribution is 5.73. The van der Waals surface area contributed by atoms with E-state index < -0.39 is 0 Å². The summed E-state index contributed by atoms with van der Waals surface area (Å²) in [5, 5.41) is 6.82. The van der Waals surface area contributed by atoms with Crippen LogP contribution in [0.15, 0.2) is 24.7 Å². The molecule has 0 spiro atoms. The topological polar surface area (TPSA) is 74.8 Å². The van der Waals surface area contributed by atoms with E-state index in [1.54, 1.807) is 25.5 Å². The van der Waals surface area contributed by atoms with E-state index >= 15 is 0 Å². The molecule has 104 valence electrons. The van der Waals surface area contributed by atoms with E-state index in [9.17, 15) is 4.79 Å². The van der Waals surface area contributed by atoms with Crippen LogP contribution < -0.4 is 0 Å². The predicted molar refractivity (Wildman–Crippen MR) is 73.8 cm³/mol. The lowest BCUT2D eigenvalue weighted by Crippen LogP contribution is -2.37. The minimum Gasteiger partial charge on any atom is -0.342 e. The maximum absolute atomic E-state index is 11.5. The Bertz CT molecular complexity index is 595. The van der Waals surface area contributed by atoms with Crippen LogP contribution in [-0.4, -0.2) is 44.1 Å². The van der Waals surface area contributed by atoms with Crippen LogP contribution in [0.3, 0.4) is 0 Å². The van der Waals surface area contributed by atoms with Crippen LogP contribution in [0.5, 0.6) is 0 Å². The molecule has 6 heteroatoms. The third kappa shape index (κ3) is 2.54. The maximum atomic E-state index is 11.5. The van der Waals surface area contributed by atoms with Crippen molar-refractivity contribution in [1.82, 2.24) is 25.1 Å². The first-order valence-electron chi connectivity index (χ1n) is 6.81. The molecule has 1 amide bonds. The smallest absolute Gasteiger partial charge is 0.219 e. The Morgan fingerprint density at radius 1 is 1.45 bits per heavy atom. The molecule has 1 N–H and O–H groups in total. The van der Waals surface area contributed by atoms with E-state index in [2.05, 4.69) is 20.2 Å². The summed E-state index contributed by atoms with van der Waals surface area (Å²) in [6.07, 6.45) is 7.28. The summed E-state index contributed by atoms with van der Waals surface area (Å²) in [7, 11) is 0. The molecule has 3 rings (SSSR count). The second kappa shape index (κ2) is 5.40. The summed E-state index contributed by atoms with van der Waals surface area (Å²) in [4.78, 5) is 22.3. The largest absolute Gasteiger partial charge is 0.342 e. The van der Waals surface area contributed by atoms with Gasteiger partial charge in [0.25, 0.3) is 0 Å². The molecular formula is C14H17N5O. The SMILES string of the molecule is CC(=O)N1CCC[C@@H](c2cncc(-c3ccn[nH]3)n2)C1. The number of piperidine rings is 1. The van der Waals surface area contributed by atoms with Crippen molar-refractivity contribution in [2.75, 3.05) is 13.1 Å². The number of rotatable bonds is 2. The molecule has 2 aromatic heterocycles. The van der Waals surface area contributed by atoms with Crippen molar-refractivity contribution < 1.29 is 4.79 Å². The zero-order valence-electron chi connectivity index (χ0n) is 11.4. The molecule has 3 heterocycles. The van der Waals surface area contributed by atoms with Crippen molar-refractivity contribution >= 4 is 5.91 Å². The second-order valence-corrected chi connectivity index (χ2v) is 5.10. The standard InChI is InChI=1S/C14H17N5O/c1-10(20)19-6-2-3-11(9-19)13-7-15-8-14(17-13)12-4-5-16-18-12/h4-5,7-8,11H,2-3,6,9H2,1H3,(H,16,18)/t11-/m1/s1. The number of hydrogen-bond acceptors (Lipinski definition) is 4. The van der Waals surface area contributed by atoms with E-state index in [4.69, 9.17) is 0 Å². The number of likely N-dealkylation sites (tertiary alicyclic amines) is 1. The van der Waals surface area contributed by atoms with Crippen molar-refractivity contribution in [2.24, 2.45) is 0 Å². The monoisotopic (exact) mass is 271 g/mol. The van der Waals surface area contributed by atoms with Gasteiger partial charge < -0.3 is 4.90 Å². The summed E-state index contributed by atoms with van der Waals surface area (Å²) >= 11 is 0. The van der Waals surface area contributed by atoms with Gasteiger partial charge in [0.1, 0.15) is 5.69 Å². The molecule has 0 radical (unpaired) electrons. The highest BCUT2D eigenvalue weighted by Gasteiger charge is 2.24. The van der Waals surface area contributed by atoms with E-state index in [0.717, 1.165) is 43.0 Å². The molecule has 2 aromatic rings. The zero-order valence-corrected chi connectivity index (χ0v) is 11.4. The molecule has 0 saturated carbocycles. The third-order valence-corrected chi connectivity index (χ3v) is 3.71. The van der Waals surface area contributed by atoms with Crippen LogP contribution in [-0.2, 0) is 4.79 Å². The number of hydrogen-bond donors (Lipinski definition) is 1. The van der Waals surface area contributed by atoms with Crippen LogP contribution >= 0.6 is 0 Å². The number of amides is 1. The summed E-state index contributed by atoms with van der Waals surface area (Å²) in [5.41, 5.74) is 2.60. The van der Waals surface area contributed by atoms with Gasteiger partial charge in [0.2, 0.25) is 5.91 Å². The van der Waals surface area contributed by atoms with Gasteiger partial charge in [0.15, 0.2) is 0 Å². The van der Waals surface area contributed by atoms with E-state index in [-0.39, 0.29) is 11.8 Å². The minimum atomic E-state index is 0.132. The average Bonchev–Trinajstić information content (AvgIpc) is 3.02. The molecule has 6 nitrogen and oxygen atoms in total. The summed E-state index contributed by atoms with van der Waals surface area (Å²) in [5.74, 6) is 0.399. The molecule has 1 aliphatic rings. The fourth-order valence-electron chi connectivity index (χ4n) is 2.61.